The standard InChI is InChI=1S/C13H19N5S/c1-5-10-17-11(14-4)6-12(18-10)16-9(3)13-15-8(2)7-19-13/h6-7,9H,5H2,1-4H3,(H2,14,16,17,18). The fourth-order valence-corrected chi connectivity index (χ4v) is 2.52. The Kier molecular flexibility index (Phi) is 4.31. The minimum Gasteiger partial charge on any atom is -0.373 e. The van der Waals surface area contributed by atoms with Gasteiger partial charge in [-0.1, -0.05) is 6.92 Å². The van der Waals surface area contributed by atoms with Gasteiger partial charge in [0.2, 0.25) is 0 Å². The van der Waals surface area contributed by atoms with Crippen LogP contribution in [0.2, 0.25) is 0 Å². The number of thiazole rings is 1. The molecule has 102 valence electrons. The summed E-state index contributed by atoms with van der Waals surface area (Å²) in [6.07, 6.45) is 0.814. The molecular formula is C13H19N5S. The molecule has 0 aromatic carbocycles. The molecular weight excluding hydrogens is 258 g/mol. The fraction of sp³-hybridized carbons (Fsp3) is 0.462. The highest BCUT2D eigenvalue weighted by Crippen LogP contribution is 2.22. The lowest BCUT2D eigenvalue weighted by atomic mass is 10.3. The van der Waals surface area contributed by atoms with Gasteiger partial charge >= 0.3 is 0 Å². The van der Waals surface area contributed by atoms with Gasteiger partial charge in [0.1, 0.15) is 22.5 Å². The molecule has 2 aromatic heterocycles. The first-order valence-electron chi connectivity index (χ1n) is 6.36. The normalized spacial score (nSPS) is 12.2. The van der Waals surface area contributed by atoms with Crippen molar-refractivity contribution in [2.45, 2.75) is 33.2 Å². The zero-order valence-corrected chi connectivity index (χ0v) is 12.5. The molecule has 2 N–H and O–H groups in total. The van der Waals surface area contributed by atoms with Crippen molar-refractivity contribution in [1.82, 2.24) is 15.0 Å². The molecule has 5 nitrogen and oxygen atoms in total. The molecule has 0 amide bonds. The monoisotopic (exact) mass is 277 g/mol. The Hall–Kier alpha value is -1.69. The van der Waals surface area contributed by atoms with Crippen LogP contribution < -0.4 is 10.6 Å². The lowest BCUT2D eigenvalue weighted by Crippen LogP contribution is -2.10. The van der Waals surface area contributed by atoms with Crippen molar-refractivity contribution in [2.75, 3.05) is 17.7 Å². The molecule has 1 atom stereocenters. The Morgan fingerprint density at radius 1 is 1.26 bits per heavy atom. The van der Waals surface area contributed by atoms with E-state index >= 15 is 0 Å². The van der Waals surface area contributed by atoms with Gasteiger partial charge in [-0.25, -0.2) is 15.0 Å². The van der Waals surface area contributed by atoms with E-state index < -0.39 is 0 Å². The van der Waals surface area contributed by atoms with Crippen LogP contribution in [0.3, 0.4) is 0 Å². The zero-order valence-electron chi connectivity index (χ0n) is 11.7. The lowest BCUT2D eigenvalue weighted by Gasteiger charge is -2.13. The van der Waals surface area contributed by atoms with E-state index in [0.29, 0.717) is 0 Å². The van der Waals surface area contributed by atoms with Crippen LogP contribution in [0.1, 0.15) is 36.4 Å². The number of aromatic nitrogens is 3. The van der Waals surface area contributed by atoms with Crippen molar-refractivity contribution < 1.29 is 0 Å². The summed E-state index contributed by atoms with van der Waals surface area (Å²) in [6, 6.07) is 2.05. The van der Waals surface area contributed by atoms with Crippen LogP contribution in [0.4, 0.5) is 11.6 Å². The van der Waals surface area contributed by atoms with Crippen LogP contribution in [0.5, 0.6) is 0 Å². The molecule has 2 heterocycles. The maximum absolute atomic E-state index is 4.49. The highest BCUT2D eigenvalue weighted by molar-refractivity contribution is 7.09. The molecule has 0 aliphatic carbocycles. The molecule has 0 radical (unpaired) electrons. The van der Waals surface area contributed by atoms with E-state index in [1.165, 1.54) is 0 Å². The third-order valence-corrected chi connectivity index (χ3v) is 3.86. The topological polar surface area (TPSA) is 62.7 Å². The molecule has 0 aliphatic rings. The van der Waals surface area contributed by atoms with Crippen molar-refractivity contribution >= 4 is 23.0 Å². The number of hydrogen-bond donors (Lipinski definition) is 2. The highest BCUT2D eigenvalue weighted by atomic mass is 32.1. The summed E-state index contributed by atoms with van der Waals surface area (Å²) in [5.41, 5.74) is 1.06. The second-order valence-corrected chi connectivity index (χ2v) is 5.24. The SMILES string of the molecule is CCc1nc(NC)cc(NC(C)c2nc(C)cs2)n1. The first-order valence-corrected chi connectivity index (χ1v) is 7.24. The minimum absolute atomic E-state index is 0.142. The van der Waals surface area contributed by atoms with E-state index in [9.17, 15) is 0 Å². The number of aryl methyl sites for hydroxylation is 2. The molecule has 6 heteroatoms. The van der Waals surface area contributed by atoms with E-state index in [4.69, 9.17) is 0 Å². The predicted octanol–water partition coefficient (Wildman–Crippen LogP) is 3.02. The van der Waals surface area contributed by atoms with Gasteiger partial charge in [-0.05, 0) is 13.8 Å². The predicted molar refractivity (Wildman–Crippen MR) is 79.8 cm³/mol. The van der Waals surface area contributed by atoms with E-state index in [1.807, 2.05) is 27.0 Å². The van der Waals surface area contributed by atoms with Crippen LogP contribution in [0.15, 0.2) is 11.4 Å². The Balaban J connectivity index is 2.18. The van der Waals surface area contributed by atoms with Crippen LogP contribution in [-0.4, -0.2) is 22.0 Å². The van der Waals surface area contributed by atoms with Crippen LogP contribution in [-0.2, 0) is 6.42 Å². The third kappa shape index (κ3) is 3.41. The first kappa shape index (κ1) is 13.7. The van der Waals surface area contributed by atoms with Gasteiger partial charge < -0.3 is 10.6 Å². The van der Waals surface area contributed by atoms with Gasteiger partial charge in [-0.3, -0.25) is 0 Å². The summed E-state index contributed by atoms with van der Waals surface area (Å²) in [5, 5.41) is 9.56. The summed E-state index contributed by atoms with van der Waals surface area (Å²) >= 11 is 1.66. The van der Waals surface area contributed by atoms with Crippen molar-refractivity contribution in [2.24, 2.45) is 0 Å². The molecule has 19 heavy (non-hydrogen) atoms. The molecule has 0 fully saturated rings. The molecule has 0 spiro atoms. The number of nitrogens with zero attached hydrogens (tertiary/aromatic N) is 3. The fourth-order valence-electron chi connectivity index (χ4n) is 1.71. The van der Waals surface area contributed by atoms with Crippen molar-refractivity contribution in [3.63, 3.8) is 0 Å². The second kappa shape index (κ2) is 5.97. The van der Waals surface area contributed by atoms with Crippen molar-refractivity contribution in [1.29, 1.82) is 0 Å². The maximum atomic E-state index is 4.49. The molecule has 0 aliphatic heterocycles. The average Bonchev–Trinajstić information content (AvgIpc) is 2.85. The van der Waals surface area contributed by atoms with Crippen molar-refractivity contribution in [3.05, 3.63) is 28.0 Å². The molecule has 1 unspecified atom stereocenters. The molecule has 0 bridgehead atoms. The van der Waals surface area contributed by atoms with Gasteiger partial charge in [-0.15, -0.1) is 11.3 Å². The molecule has 0 saturated heterocycles. The first-order chi connectivity index (χ1) is 9.12. The van der Waals surface area contributed by atoms with Gasteiger partial charge in [0, 0.05) is 30.6 Å². The number of rotatable bonds is 5. The van der Waals surface area contributed by atoms with Gasteiger partial charge in [-0.2, -0.15) is 0 Å². The summed E-state index contributed by atoms with van der Waals surface area (Å²) in [5.74, 6) is 2.49. The summed E-state index contributed by atoms with van der Waals surface area (Å²) in [7, 11) is 1.86. The Bertz CT molecular complexity index is 529. The van der Waals surface area contributed by atoms with E-state index in [2.05, 4.69) is 37.9 Å². The summed E-state index contributed by atoms with van der Waals surface area (Å²) in [4.78, 5) is 13.4. The van der Waals surface area contributed by atoms with E-state index in [1.54, 1.807) is 11.3 Å². The van der Waals surface area contributed by atoms with E-state index in [0.717, 1.165) is 34.6 Å². The lowest BCUT2D eigenvalue weighted by molar-refractivity contribution is 0.843. The summed E-state index contributed by atoms with van der Waals surface area (Å²) < 4.78 is 0. The number of nitrogens with one attached hydrogen (secondary N) is 2. The quantitative estimate of drug-likeness (QED) is 0.879. The smallest absolute Gasteiger partial charge is 0.132 e. The molecule has 0 saturated carbocycles. The average molecular weight is 277 g/mol. The Morgan fingerprint density at radius 3 is 2.58 bits per heavy atom. The highest BCUT2D eigenvalue weighted by Gasteiger charge is 2.11. The van der Waals surface area contributed by atoms with Crippen molar-refractivity contribution in [3.8, 4) is 0 Å². The zero-order chi connectivity index (χ0) is 13.8. The molecule has 2 rings (SSSR count). The molecule has 2 aromatic rings. The van der Waals surface area contributed by atoms with Crippen LogP contribution >= 0.6 is 11.3 Å². The largest absolute Gasteiger partial charge is 0.373 e. The number of hydrogen-bond acceptors (Lipinski definition) is 6. The Labute approximate surface area is 117 Å². The van der Waals surface area contributed by atoms with Gasteiger partial charge in [0.15, 0.2) is 0 Å². The number of anilines is 2. The van der Waals surface area contributed by atoms with Gasteiger partial charge in [0.05, 0.1) is 6.04 Å². The maximum Gasteiger partial charge on any atom is 0.132 e. The van der Waals surface area contributed by atoms with Crippen LogP contribution in [0, 0.1) is 6.92 Å². The van der Waals surface area contributed by atoms with E-state index in [-0.39, 0.29) is 6.04 Å². The Morgan fingerprint density at radius 2 is 2.00 bits per heavy atom. The minimum atomic E-state index is 0.142. The summed E-state index contributed by atoms with van der Waals surface area (Å²) in [6.45, 7) is 6.14. The van der Waals surface area contributed by atoms with Gasteiger partial charge in [0.25, 0.3) is 0 Å². The van der Waals surface area contributed by atoms with Crippen LogP contribution in [0.25, 0.3) is 0 Å². The third-order valence-electron chi connectivity index (χ3n) is 2.72. The second-order valence-electron chi connectivity index (χ2n) is 4.35.